The molecular formula is C20H23NO5. The molecule has 0 saturated carbocycles. The van der Waals surface area contributed by atoms with E-state index in [0.717, 1.165) is 5.56 Å². The first kappa shape index (κ1) is 19.3. The van der Waals surface area contributed by atoms with Crippen molar-refractivity contribution >= 4 is 17.6 Å². The Morgan fingerprint density at radius 2 is 1.73 bits per heavy atom. The topological polar surface area (TPSA) is 73.9 Å². The minimum atomic E-state index is -0.687. The Kier molecular flexibility index (Phi) is 6.60. The van der Waals surface area contributed by atoms with Crippen LogP contribution in [0, 0.1) is 6.92 Å². The highest BCUT2D eigenvalue weighted by atomic mass is 16.5. The van der Waals surface area contributed by atoms with E-state index in [0.29, 0.717) is 29.4 Å². The van der Waals surface area contributed by atoms with E-state index in [1.54, 1.807) is 63.4 Å². The van der Waals surface area contributed by atoms with Gasteiger partial charge in [-0.2, -0.15) is 0 Å². The summed E-state index contributed by atoms with van der Waals surface area (Å²) in [4.78, 5) is 24.1. The molecule has 2 aromatic rings. The van der Waals surface area contributed by atoms with Gasteiger partial charge in [0.25, 0.3) is 5.91 Å². The van der Waals surface area contributed by atoms with Gasteiger partial charge in [-0.1, -0.05) is 0 Å². The highest BCUT2D eigenvalue weighted by molar-refractivity contribution is 5.96. The SMILES string of the molecule is CCOC(=O)c1ccc(NC(=O)[C@H](C)Oc2ccc(OC)cc2)c(C)c1. The summed E-state index contributed by atoms with van der Waals surface area (Å²) < 4.78 is 15.7. The van der Waals surface area contributed by atoms with Crippen LogP contribution >= 0.6 is 0 Å². The number of carbonyl (C=O) groups excluding carboxylic acids is 2. The molecule has 0 radical (unpaired) electrons. The number of benzene rings is 2. The van der Waals surface area contributed by atoms with Gasteiger partial charge in [-0.15, -0.1) is 0 Å². The fourth-order valence-corrected chi connectivity index (χ4v) is 2.29. The Bertz CT molecular complexity index is 770. The molecular weight excluding hydrogens is 334 g/mol. The molecule has 6 heteroatoms. The van der Waals surface area contributed by atoms with Gasteiger partial charge in [-0.3, -0.25) is 4.79 Å². The number of anilines is 1. The van der Waals surface area contributed by atoms with E-state index in [9.17, 15) is 9.59 Å². The molecule has 0 spiro atoms. The van der Waals surface area contributed by atoms with Gasteiger partial charge in [-0.25, -0.2) is 4.79 Å². The first-order chi connectivity index (χ1) is 12.4. The predicted molar refractivity (Wildman–Crippen MR) is 98.8 cm³/mol. The van der Waals surface area contributed by atoms with Gasteiger partial charge in [0.15, 0.2) is 6.10 Å². The second-order valence-corrected chi connectivity index (χ2v) is 5.68. The van der Waals surface area contributed by atoms with E-state index in [4.69, 9.17) is 14.2 Å². The summed E-state index contributed by atoms with van der Waals surface area (Å²) in [6.45, 7) is 5.55. The zero-order valence-corrected chi connectivity index (χ0v) is 15.4. The fraction of sp³-hybridized carbons (Fsp3) is 0.300. The van der Waals surface area contributed by atoms with Crippen molar-refractivity contribution in [3.05, 3.63) is 53.6 Å². The van der Waals surface area contributed by atoms with Crippen LogP contribution in [0.15, 0.2) is 42.5 Å². The lowest BCUT2D eigenvalue weighted by molar-refractivity contribution is -0.122. The molecule has 26 heavy (non-hydrogen) atoms. The molecule has 0 unspecified atom stereocenters. The van der Waals surface area contributed by atoms with E-state index < -0.39 is 6.10 Å². The van der Waals surface area contributed by atoms with Crippen LogP contribution in [0.1, 0.15) is 29.8 Å². The molecule has 0 aliphatic carbocycles. The Morgan fingerprint density at radius 1 is 1.08 bits per heavy atom. The summed E-state index contributed by atoms with van der Waals surface area (Å²) in [5, 5.41) is 2.81. The van der Waals surface area contributed by atoms with E-state index in [-0.39, 0.29) is 11.9 Å². The van der Waals surface area contributed by atoms with Gasteiger partial charge in [0.1, 0.15) is 11.5 Å². The third kappa shape index (κ3) is 4.99. The van der Waals surface area contributed by atoms with Crippen LogP contribution in [-0.4, -0.2) is 31.7 Å². The maximum Gasteiger partial charge on any atom is 0.338 e. The second kappa shape index (κ2) is 8.89. The molecule has 2 rings (SSSR count). The number of esters is 1. The molecule has 0 fully saturated rings. The van der Waals surface area contributed by atoms with Gasteiger partial charge in [-0.05, 0) is 68.8 Å². The average molecular weight is 357 g/mol. The largest absolute Gasteiger partial charge is 0.497 e. The van der Waals surface area contributed by atoms with Gasteiger partial charge < -0.3 is 19.5 Å². The van der Waals surface area contributed by atoms with Crippen LogP contribution in [0.3, 0.4) is 0 Å². The minimum Gasteiger partial charge on any atom is -0.497 e. The van der Waals surface area contributed by atoms with Gasteiger partial charge in [0, 0.05) is 5.69 Å². The van der Waals surface area contributed by atoms with Crippen LogP contribution in [-0.2, 0) is 9.53 Å². The van der Waals surface area contributed by atoms with Crippen molar-refractivity contribution in [1.29, 1.82) is 0 Å². The van der Waals surface area contributed by atoms with Gasteiger partial charge in [0.2, 0.25) is 0 Å². The van der Waals surface area contributed by atoms with E-state index in [1.807, 2.05) is 6.92 Å². The molecule has 6 nitrogen and oxygen atoms in total. The molecule has 1 N–H and O–H groups in total. The fourth-order valence-electron chi connectivity index (χ4n) is 2.29. The number of amides is 1. The zero-order chi connectivity index (χ0) is 19.1. The number of aryl methyl sites for hydroxylation is 1. The molecule has 1 atom stereocenters. The summed E-state index contributed by atoms with van der Waals surface area (Å²) in [5.74, 6) is 0.618. The van der Waals surface area contributed by atoms with Crippen molar-refractivity contribution < 1.29 is 23.8 Å². The summed E-state index contributed by atoms with van der Waals surface area (Å²) in [6, 6.07) is 12.0. The number of carbonyl (C=O) groups is 2. The van der Waals surface area contributed by atoms with Crippen molar-refractivity contribution in [2.24, 2.45) is 0 Å². The van der Waals surface area contributed by atoms with Crippen molar-refractivity contribution in [3.63, 3.8) is 0 Å². The molecule has 138 valence electrons. The smallest absolute Gasteiger partial charge is 0.338 e. The lowest BCUT2D eigenvalue weighted by atomic mass is 10.1. The highest BCUT2D eigenvalue weighted by Gasteiger charge is 2.17. The maximum absolute atomic E-state index is 12.4. The Morgan fingerprint density at radius 3 is 2.31 bits per heavy atom. The standard InChI is InChI=1S/C20H23NO5/c1-5-25-20(23)15-6-11-18(13(2)12-15)21-19(22)14(3)26-17-9-7-16(24-4)8-10-17/h6-12,14H,5H2,1-4H3,(H,21,22)/t14-/m0/s1. The Balaban J connectivity index is 2.00. The lowest BCUT2D eigenvalue weighted by Crippen LogP contribution is -2.30. The van der Waals surface area contributed by atoms with E-state index >= 15 is 0 Å². The highest BCUT2D eigenvalue weighted by Crippen LogP contribution is 2.20. The van der Waals surface area contributed by atoms with Crippen LogP contribution in [0.25, 0.3) is 0 Å². The normalized spacial score (nSPS) is 11.4. The monoisotopic (exact) mass is 357 g/mol. The number of hydrogen-bond donors (Lipinski definition) is 1. The van der Waals surface area contributed by atoms with Crippen LogP contribution in [0.5, 0.6) is 11.5 Å². The molecule has 0 aliphatic heterocycles. The number of methoxy groups -OCH3 is 1. The van der Waals surface area contributed by atoms with Crippen LogP contribution in [0.4, 0.5) is 5.69 Å². The van der Waals surface area contributed by atoms with Crippen LogP contribution < -0.4 is 14.8 Å². The summed E-state index contributed by atoms with van der Waals surface area (Å²) in [5.41, 5.74) is 1.83. The molecule has 0 bridgehead atoms. The average Bonchev–Trinajstić information content (AvgIpc) is 2.64. The number of ether oxygens (including phenoxy) is 3. The number of hydrogen-bond acceptors (Lipinski definition) is 5. The zero-order valence-electron chi connectivity index (χ0n) is 15.4. The third-order valence-corrected chi connectivity index (χ3v) is 3.74. The molecule has 1 amide bonds. The number of nitrogens with one attached hydrogen (secondary N) is 1. The van der Waals surface area contributed by atoms with E-state index in [1.165, 1.54) is 0 Å². The number of rotatable bonds is 7. The van der Waals surface area contributed by atoms with Gasteiger partial charge in [0.05, 0.1) is 19.3 Å². The third-order valence-electron chi connectivity index (χ3n) is 3.74. The van der Waals surface area contributed by atoms with Crippen molar-refractivity contribution in [2.45, 2.75) is 26.9 Å². The van der Waals surface area contributed by atoms with Crippen molar-refractivity contribution in [3.8, 4) is 11.5 Å². The molecule has 0 aromatic heterocycles. The summed E-state index contributed by atoms with van der Waals surface area (Å²) in [7, 11) is 1.58. The molecule has 0 saturated heterocycles. The second-order valence-electron chi connectivity index (χ2n) is 5.68. The summed E-state index contributed by atoms with van der Waals surface area (Å²) >= 11 is 0. The molecule has 2 aromatic carbocycles. The first-order valence-corrected chi connectivity index (χ1v) is 8.34. The predicted octanol–water partition coefficient (Wildman–Crippen LogP) is 3.59. The van der Waals surface area contributed by atoms with Crippen molar-refractivity contribution in [2.75, 3.05) is 19.0 Å². The Hall–Kier alpha value is -3.02. The maximum atomic E-state index is 12.4. The van der Waals surface area contributed by atoms with Crippen molar-refractivity contribution in [1.82, 2.24) is 0 Å². The molecule has 0 heterocycles. The minimum absolute atomic E-state index is 0.284. The Labute approximate surface area is 153 Å². The van der Waals surface area contributed by atoms with E-state index in [2.05, 4.69) is 5.32 Å². The quantitative estimate of drug-likeness (QED) is 0.767. The van der Waals surface area contributed by atoms with Gasteiger partial charge >= 0.3 is 5.97 Å². The lowest BCUT2D eigenvalue weighted by Gasteiger charge is -2.16. The molecule has 0 aliphatic rings. The van der Waals surface area contributed by atoms with Crippen LogP contribution in [0.2, 0.25) is 0 Å². The summed E-state index contributed by atoms with van der Waals surface area (Å²) in [6.07, 6.45) is -0.687. The first-order valence-electron chi connectivity index (χ1n) is 8.34.